The minimum atomic E-state index is -3.22. The van der Waals surface area contributed by atoms with E-state index in [0.717, 1.165) is 0 Å². The van der Waals surface area contributed by atoms with Crippen molar-refractivity contribution >= 4 is 11.4 Å². The molecule has 1 aliphatic carbocycles. The Morgan fingerprint density at radius 3 is 2.54 bits per heavy atom. The van der Waals surface area contributed by atoms with Crippen LogP contribution in [0.3, 0.4) is 0 Å². The first-order chi connectivity index (χ1) is 16.5. The number of ether oxygens (including phenoxy) is 3. The molecular formula is C23H24F3N3O6. The molecule has 9 nitrogen and oxygen atoms in total. The van der Waals surface area contributed by atoms with Crippen LogP contribution in [0.1, 0.15) is 30.6 Å². The van der Waals surface area contributed by atoms with Gasteiger partial charge in [0.25, 0.3) is 5.91 Å². The highest BCUT2D eigenvalue weighted by Gasteiger charge is 2.40. The maximum absolute atomic E-state index is 13.3. The van der Waals surface area contributed by atoms with E-state index < -0.39 is 42.4 Å². The van der Waals surface area contributed by atoms with Crippen molar-refractivity contribution in [2.24, 2.45) is 0 Å². The summed E-state index contributed by atoms with van der Waals surface area (Å²) in [6, 6.07) is 5.28. The van der Waals surface area contributed by atoms with Crippen LogP contribution in [0.4, 0.5) is 13.2 Å². The molecule has 1 saturated carbocycles. The molecule has 2 heterocycles. The van der Waals surface area contributed by atoms with E-state index in [1.54, 1.807) is 12.1 Å². The lowest BCUT2D eigenvalue weighted by Gasteiger charge is -2.27. The molecule has 3 aromatic rings. The van der Waals surface area contributed by atoms with Gasteiger partial charge < -0.3 is 29.7 Å². The molecule has 4 rings (SSSR count). The second-order valence-corrected chi connectivity index (χ2v) is 8.59. The van der Waals surface area contributed by atoms with Crippen molar-refractivity contribution in [2.75, 3.05) is 7.11 Å². The van der Waals surface area contributed by atoms with Crippen LogP contribution >= 0.6 is 0 Å². The molecule has 35 heavy (non-hydrogen) atoms. The van der Waals surface area contributed by atoms with E-state index in [9.17, 15) is 28.2 Å². The first-order valence-electron chi connectivity index (χ1n) is 10.6. The monoisotopic (exact) mass is 495 g/mol. The average Bonchev–Trinajstić information content (AvgIpc) is 3.30. The van der Waals surface area contributed by atoms with Crippen molar-refractivity contribution in [1.82, 2.24) is 14.9 Å². The molecule has 3 N–H and O–H groups in total. The Morgan fingerprint density at radius 2 is 1.94 bits per heavy atom. The first kappa shape index (κ1) is 24.6. The number of rotatable bonds is 9. The quantitative estimate of drug-likeness (QED) is 0.391. The second kappa shape index (κ2) is 9.27. The van der Waals surface area contributed by atoms with Gasteiger partial charge >= 0.3 is 6.61 Å². The maximum atomic E-state index is 13.3. The van der Waals surface area contributed by atoms with Crippen LogP contribution in [0.5, 0.6) is 17.2 Å². The largest absolute Gasteiger partial charge is 0.496 e. The van der Waals surface area contributed by atoms with Crippen molar-refractivity contribution in [3.8, 4) is 28.4 Å². The third kappa shape index (κ3) is 5.13. The van der Waals surface area contributed by atoms with Crippen molar-refractivity contribution in [3.05, 3.63) is 42.2 Å². The van der Waals surface area contributed by atoms with Crippen molar-refractivity contribution < 1.29 is 42.4 Å². The highest BCUT2D eigenvalue weighted by Crippen LogP contribution is 2.38. The zero-order chi connectivity index (χ0) is 25.5. The van der Waals surface area contributed by atoms with Gasteiger partial charge in [-0.25, -0.2) is 8.91 Å². The van der Waals surface area contributed by atoms with E-state index in [-0.39, 0.29) is 17.7 Å². The van der Waals surface area contributed by atoms with E-state index in [2.05, 4.69) is 15.2 Å². The van der Waals surface area contributed by atoms with E-state index in [1.807, 2.05) is 0 Å². The molecular weight excluding hydrogens is 471 g/mol. The molecule has 0 spiro atoms. The minimum Gasteiger partial charge on any atom is -0.496 e. The molecule has 12 heteroatoms. The fourth-order valence-corrected chi connectivity index (χ4v) is 3.48. The Bertz CT molecular complexity index is 1250. The summed E-state index contributed by atoms with van der Waals surface area (Å²) < 4.78 is 56.6. The number of nitrogens with zero attached hydrogens (tertiary/aromatic N) is 2. The molecule has 1 fully saturated rings. The highest BCUT2D eigenvalue weighted by molar-refractivity contribution is 6.01. The number of hydrogen-bond donors (Lipinski definition) is 3. The summed E-state index contributed by atoms with van der Waals surface area (Å²) in [5.74, 6) is -0.946. The molecule has 1 amide bonds. The molecule has 2 atom stereocenters. The second-order valence-electron chi connectivity index (χ2n) is 8.59. The van der Waals surface area contributed by atoms with Gasteiger partial charge in [0, 0.05) is 12.0 Å². The number of benzene rings is 1. The number of carbonyl (C=O) groups excluding carboxylic acids is 1. The van der Waals surface area contributed by atoms with Gasteiger partial charge in [0.15, 0.2) is 11.9 Å². The minimum absolute atomic E-state index is 0.0373. The predicted octanol–water partition coefficient (Wildman–Crippen LogP) is 2.92. The number of aromatic nitrogens is 2. The summed E-state index contributed by atoms with van der Waals surface area (Å²) in [6.45, 7) is -0.214. The number of amides is 1. The van der Waals surface area contributed by atoms with Crippen LogP contribution in [-0.2, 0) is 0 Å². The lowest BCUT2D eigenvalue weighted by molar-refractivity contribution is -0.154. The third-order valence-corrected chi connectivity index (χ3v) is 5.56. The number of methoxy groups -OCH3 is 1. The molecule has 2 aromatic heterocycles. The molecule has 0 radical (unpaired) electrons. The summed E-state index contributed by atoms with van der Waals surface area (Å²) >= 11 is 0. The smallest absolute Gasteiger partial charge is 0.387 e. The Morgan fingerprint density at radius 1 is 1.26 bits per heavy atom. The summed E-state index contributed by atoms with van der Waals surface area (Å²) in [5.41, 5.74) is -0.114. The standard InChI is InChI=1S/C23H24F3N3O6/c1-23(2,21(31)32)35-12-4-5-16-13(9-27-29(16)10-12)11-6-17(33-3)19(18(7-11)34-22(25)26)20(30)28-15-8-14(15)24/h4-7,9-10,14-15,21-22,31-32H,8H2,1-3H3,(H,28,30). The Balaban J connectivity index is 1.73. The van der Waals surface area contributed by atoms with Gasteiger partial charge in [0.05, 0.1) is 31.1 Å². The lowest BCUT2D eigenvalue weighted by atomic mass is 10.0. The number of hydrogen-bond acceptors (Lipinski definition) is 7. The zero-order valence-electron chi connectivity index (χ0n) is 19.0. The zero-order valence-corrected chi connectivity index (χ0v) is 19.0. The maximum Gasteiger partial charge on any atom is 0.387 e. The van der Waals surface area contributed by atoms with Gasteiger partial charge in [-0.3, -0.25) is 4.79 Å². The fraction of sp³-hybridized carbons (Fsp3) is 0.391. The number of carbonyl (C=O) groups is 1. The van der Waals surface area contributed by atoms with Gasteiger partial charge in [0.2, 0.25) is 0 Å². The van der Waals surface area contributed by atoms with E-state index in [4.69, 9.17) is 9.47 Å². The summed E-state index contributed by atoms with van der Waals surface area (Å²) in [4.78, 5) is 12.7. The van der Waals surface area contributed by atoms with Gasteiger partial charge in [-0.15, -0.1) is 0 Å². The van der Waals surface area contributed by atoms with Crippen LogP contribution in [0.2, 0.25) is 0 Å². The van der Waals surface area contributed by atoms with Crippen molar-refractivity contribution in [2.45, 2.75) is 51.0 Å². The van der Waals surface area contributed by atoms with Crippen LogP contribution in [0.15, 0.2) is 36.7 Å². The van der Waals surface area contributed by atoms with E-state index in [0.29, 0.717) is 22.4 Å². The number of fused-ring (bicyclic) bond motifs is 1. The average molecular weight is 495 g/mol. The Labute approximate surface area is 198 Å². The lowest BCUT2D eigenvalue weighted by Crippen LogP contribution is -2.41. The van der Waals surface area contributed by atoms with Gasteiger partial charge in [0.1, 0.15) is 29.0 Å². The number of pyridine rings is 1. The molecule has 0 bridgehead atoms. The van der Waals surface area contributed by atoms with Gasteiger partial charge in [-0.05, 0) is 43.7 Å². The molecule has 1 aliphatic rings. The highest BCUT2D eigenvalue weighted by atomic mass is 19.3. The van der Waals surface area contributed by atoms with Crippen LogP contribution in [0, 0.1) is 0 Å². The van der Waals surface area contributed by atoms with E-state index >= 15 is 0 Å². The molecule has 188 valence electrons. The predicted molar refractivity (Wildman–Crippen MR) is 118 cm³/mol. The number of nitrogens with one attached hydrogen (secondary N) is 1. The Hall–Kier alpha value is -3.51. The first-order valence-corrected chi connectivity index (χ1v) is 10.6. The number of halogens is 3. The molecule has 2 unspecified atom stereocenters. The summed E-state index contributed by atoms with van der Waals surface area (Å²) in [7, 11) is 1.27. The van der Waals surface area contributed by atoms with Gasteiger partial charge in [-0.1, -0.05) is 0 Å². The van der Waals surface area contributed by atoms with Crippen LogP contribution in [-0.4, -0.2) is 63.6 Å². The molecule has 0 aliphatic heterocycles. The molecule has 0 saturated heterocycles. The fourth-order valence-electron chi connectivity index (χ4n) is 3.48. The summed E-state index contributed by atoms with van der Waals surface area (Å²) in [6.07, 6.45) is 0.242. The number of alkyl halides is 3. The molecule has 1 aromatic carbocycles. The Kier molecular flexibility index (Phi) is 6.52. The van der Waals surface area contributed by atoms with Gasteiger partial charge in [-0.2, -0.15) is 13.9 Å². The van der Waals surface area contributed by atoms with Crippen LogP contribution in [0.25, 0.3) is 16.6 Å². The normalized spacial score (nSPS) is 17.7. The van der Waals surface area contributed by atoms with Crippen molar-refractivity contribution in [3.63, 3.8) is 0 Å². The third-order valence-electron chi connectivity index (χ3n) is 5.56. The SMILES string of the molecule is COc1cc(-c2cnn3cc(OC(C)(C)C(O)O)ccc23)cc(OC(F)F)c1C(=O)NC1CC1F. The van der Waals surface area contributed by atoms with Crippen molar-refractivity contribution in [1.29, 1.82) is 0 Å². The van der Waals surface area contributed by atoms with E-state index in [1.165, 1.54) is 50.0 Å². The number of aliphatic hydroxyl groups is 2. The topological polar surface area (TPSA) is 115 Å². The number of aliphatic hydroxyl groups excluding tert-OH is 1. The van der Waals surface area contributed by atoms with Crippen LogP contribution < -0.4 is 19.5 Å². The summed E-state index contributed by atoms with van der Waals surface area (Å²) in [5, 5.41) is 25.6.